The van der Waals surface area contributed by atoms with Crippen LogP contribution in [0.2, 0.25) is 0 Å². The zero-order valence-electron chi connectivity index (χ0n) is 14.5. The molecule has 7 heteroatoms. The van der Waals surface area contributed by atoms with Crippen molar-refractivity contribution in [2.45, 2.75) is 26.7 Å². The Labute approximate surface area is 145 Å². The van der Waals surface area contributed by atoms with E-state index in [1.165, 1.54) is 0 Å². The van der Waals surface area contributed by atoms with Gasteiger partial charge in [-0.25, -0.2) is 9.31 Å². The van der Waals surface area contributed by atoms with Crippen molar-refractivity contribution in [3.05, 3.63) is 41.9 Å². The Balaban J connectivity index is 2.11. The van der Waals surface area contributed by atoms with Gasteiger partial charge in [-0.05, 0) is 31.0 Å². The Kier molecular flexibility index (Phi) is 4.92. The molecule has 0 saturated heterocycles. The number of hydrogen-bond acceptors (Lipinski definition) is 6. The molecular formula is C18H20N4O3. The summed E-state index contributed by atoms with van der Waals surface area (Å²) in [5.74, 6) is 0.310. The predicted octanol–water partition coefficient (Wildman–Crippen LogP) is 2.93. The van der Waals surface area contributed by atoms with Crippen LogP contribution in [0.15, 0.2) is 30.5 Å². The normalized spacial score (nSPS) is 10.8. The first-order valence-corrected chi connectivity index (χ1v) is 8.24. The van der Waals surface area contributed by atoms with E-state index in [2.05, 4.69) is 15.3 Å². The van der Waals surface area contributed by atoms with E-state index in [0.717, 1.165) is 23.3 Å². The van der Waals surface area contributed by atoms with Gasteiger partial charge in [-0.3, -0.25) is 0 Å². The number of ether oxygens (including phenoxy) is 2. The van der Waals surface area contributed by atoms with Crippen LogP contribution in [0.1, 0.15) is 36.5 Å². The van der Waals surface area contributed by atoms with E-state index in [1.54, 1.807) is 24.7 Å². The summed E-state index contributed by atoms with van der Waals surface area (Å²) in [5, 5.41) is 12.8. The number of hydrogen-bond donors (Lipinski definition) is 0. The maximum atomic E-state index is 12.2. The van der Waals surface area contributed by atoms with Crippen LogP contribution in [0.3, 0.4) is 0 Å². The first-order chi connectivity index (χ1) is 12.2. The Morgan fingerprint density at radius 2 is 1.92 bits per heavy atom. The molecule has 0 fully saturated rings. The van der Waals surface area contributed by atoms with Gasteiger partial charge in [0.05, 0.1) is 25.6 Å². The highest BCUT2D eigenvalue weighted by Crippen LogP contribution is 2.26. The van der Waals surface area contributed by atoms with Crippen molar-refractivity contribution in [2.24, 2.45) is 0 Å². The number of methoxy groups -OCH3 is 1. The van der Waals surface area contributed by atoms with E-state index >= 15 is 0 Å². The lowest BCUT2D eigenvalue weighted by atomic mass is 10.1. The van der Waals surface area contributed by atoms with Gasteiger partial charge in [0.15, 0.2) is 11.3 Å². The fourth-order valence-corrected chi connectivity index (χ4v) is 2.68. The monoisotopic (exact) mass is 340 g/mol. The molecule has 0 atom stereocenters. The summed E-state index contributed by atoms with van der Waals surface area (Å²) in [4.78, 5) is 12.2. The van der Waals surface area contributed by atoms with Crippen molar-refractivity contribution in [3.63, 3.8) is 0 Å². The van der Waals surface area contributed by atoms with Crippen molar-refractivity contribution in [2.75, 3.05) is 13.7 Å². The number of esters is 1. The third-order valence-electron chi connectivity index (χ3n) is 3.87. The second kappa shape index (κ2) is 7.29. The molecule has 0 aliphatic carbocycles. The lowest BCUT2D eigenvalue weighted by Crippen LogP contribution is -2.16. The third-order valence-corrected chi connectivity index (χ3v) is 3.87. The molecule has 0 bridgehead atoms. The number of fused-ring (bicyclic) bond motifs is 1. The second-order valence-electron chi connectivity index (χ2n) is 5.49. The molecule has 2 aromatic heterocycles. The maximum absolute atomic E-state index is 12.2. The average molecular weight is 340 g/mol. The fourth-order valence-electron chi connectivity index (χ4n) is 2.68. The van der Waals surface area contributed by atoms with Gasteiger partial charge in [0, 0.05) is 5.56 Å². The second-order valence-corrected chi connectivity index (χ2v) is 5.49. The molecule has 1 aromatic carbocycles. The molecule has 130 valence electrons. The van der Waals surface area contributed by atoms with E-state index in [0.29, 0.717) is 24.4 Å². The minimum Gasteiger partial charge on any atom is -0.497 e. The molecule has 0 saturated carbocycles. The minimum atomic E-state index is -0.471. The fraction of sp³-hybridized carbons (Fsp3) is 0.333. The molecule has 0 N–H and O–H groups in total. The van der Waals surface area contributed by atoms with E-state index in [1.807, 2.05) is 31.2 Å². The summed E-state index contributed by atoms with van der Waals surface area (Å²) < 4.78 is 12.0. The van der Waals surface area contributed by atoms with Crippen molar-refractivity contribution in [1.82, 2.24) is 19.8 Å². The van der Waals surface area contributed by atoms with Gasteiger partial charge in [0.25, 0.3) is 0 Å². The Hall–Kier alpha value is -2.96. The number of carbonyl (C=O) groups is 1. The van der Waals surface area contributed by atoms with Gasteiger partial charge in [0.1, 0.15) is 5.75 Å². The Morgan fingerprint density at radius 3 is 2.56 bits per heavy atom. The first kappa shape index (κ1) is 16.9. The quantitative estimate of drug-likeness (QED) is 0.642. The van der Waals surface area contributed by atoms with Gasteiger partial charge in [-0.1, -0.05) is 25.5 Å². The highest BCUT2D eigenvalue weighted by Gasteiger charge is 2.21. The number of nitrogens with zero attached hydrogens (tertiary/aromatic N) is 4. The maximum Gasteiger partial charge on any atom is 0.360 e. The molecule has 0 unspecified atom stereocenters. The third kappa shape index (κ3) is 3.17. The Morgan fingerprint density at radius 1 is 1.16 bits per heavy atom. The summed E-state index contributed by atoms with van der Waals surface area (Å²) in [6.45, 7) is 4.09. The summed E-state index contributed by atoms with van der Waals surface area (Å²) >= 11 is 0. The molecule has 0 aliphatic heterocycles. The standard InChI is InChI=1S/C18H20N4O3/c1-4-6-15-16(18(23)25-5-2)20-21-17-14(11-19-22(15)17)12-7-9-13(24-3)10-8-12/h7-11H,4-6H2,1-3H3. The lowest BCUT2D eigenvalue weighted by Gasteiger charge is -2.09. The molecule has 2 heterocycles. The van der Waals surface area contributed by atoms with Crippen LogP contribution >= 0.6 is 0 Å². The summed E-state index contributed by atoms with van der Waals surface area (Å²) in [6.07, 6.45) is 3.24. The zero-order valence-corrected chi connectivity index (χ0v) is 14.5. The summed E-state index contributed by atoms with van der Waals surface area (Å²) in [6, 6.07) is 7.64. The highest BCUT2D eigenvalue weighted by molar-refractivity contribution is 5.89. The Bertz CT molecular complexity index is 887. The van der Waals surface area contributed by atoms with Crippen LogP contribution < -0.4 is 4.74 Å². The first-order valence-electron chi connectivity index (χ1n) is 8.24. The van der Waals surface area contributed by atoms with Crippen LogP contribution in [0.4, 0.5) is 0 Å². The number of rotatable bonds is 6. The molecule has 0 radical (unpaired) electrons. The van der Waals surface area contributed by atoms with Gasteiger partial charge in [-0.15, -0.1) is 10.2 Å². The smallest absolute Gasteiger partial charge is 0.360 e. The van der Waals surface area contributed by atoms with Crippen molar-refractivity contribution >= 4 is 11.6 Å². The van der Waals surface area contributed by atoms with Crippen LogP contribution in [-0.4, -0.2) is 39.5 Å². The van der Waals surface area contributed by atoms with E-state index in [9.17, 15) is 4.79 Å². The van der Waals surface area contributed by atoms with Gasteiger partial charge in [-0.2, -0.15) is 5.10 Å². The molecule has 0 aliphatic rings. The molecule has 7 nitrogen and oxygen atoms in total. The zero-order chi connectivity index (χ0) is 17.8. The van der Waals surface area contributed by atoms with Crippen LogP contribution in [0.5, 0.6) is 5.75 Å². The lowest BCUT2D eigenvalue weighted by molar-refractivity contribution is 0.0515. The number of benzene rings is 1. The predicted molar refractivity (Wildman–Crippen MR) is 92.7 cm³/mol. The number of aromatic nitrogens is 4. The van der Waals surface area contributed by atoms with Crippen molar-refractivity contribution in [3.8, 4) is 16.9 Å². The number of aryl methyl sites for hydroxylation is 1. The molecule has 25 heavy (non-hydrogen) atoms. The summed E-state index contributed by atoms with van der Waals surface area (Å²) in [7, 11) is 1.63. The summed E-state index contributed by atoms with van der Waals surface area (Å²) in [5.41, 5.74) is 3.35. The highest BCUT2D eigenvalue weighted by atomic mass is 16.5. The average Bonchev–Trinajstić information content (AvgIpc) is 3.07. The van der Waals surface area contributed by atoms with E-state index in [4.69, 9.17) is 9.47 Å². The molecular weight excluding hydrogens is 320 g/mol. The van der Waals surface area contributed by atoms with Crippen LogP contribution in [0.25, 0.3) is 16.8 Å². The SMILES string of the molecule is CCCc1c(C(=O)OCC)nnc2c(-c3ccc(OC)cc3)cnn12. The molecule has 3 rings (SSSR count). The van der Waals surface area contributed by atoms with Crippen molar-refractivity contribution in [1.29, 1.82) is 0 Å². The van der Waals surface area contributed by atoms with Gasteiger partial charge >= 0.3 is 5.97 Å². The van der Waals surface area contributed by atoms with Crippen LogP contribution in [-0.2, 0) is 11.2 Å². The minimum absolute atomic E-state index is 0.223. The van der Waals surface area contributed by atoms with Gasteiger partial charge in [0.2, 0.25) is 0 Å². The molecule has 3 aromatic rings. The van der Waals surface area contributed by atoms with Crippen molar-refractivity contribution < 1.29 is 14.3 Å². The van der Waals surface area contributed by atoms with Gasteiger partial charge < -0.3 is 9.47 Å². The topological polar surface area (TPSA) is 78.6 Å². The van der Waals surface area contributed by atoms with E-state index in [-0.39, 0.29) is 5.69 Å². The molecule has 0 spiro atoms. The largest absolute Gasteiger partial charge is 0.497 e. The molecule has 0 amide bonds. The van der Waals surface area contributed by atoms with Crippen LogP contribution in [0, 0.1) is 0 Å². The number of carbonyl (C=O) groups excluding carboxylic acids is 1. The van der Waals surface area contributed by atoms with E-state index < -0.39 is 5.97 Å².